The summed E-state index contributed by atoms with van der Waals surface area (Å²) in [7, 11) is 1.70. The van der Waals surface area contributed by atoms with Crippen LogP contribution in [0.4, 0.5) is 4.39 Å². The fourth-order valence-electron chi connectivity index (χ4n) is 2.92. The van der Waals surface area contributed by atoms with Crippen molar-refractivity contribution in [2.75, 3.05) is 20.2 Å². The topological polar surface area (TPSA) is 47.4 Å². The molecular formula is C21H22FN3O2. The first-order chi connectivity index (χ1) is 13.0. The van der Waals surface area contributed by atoms with Crippen LogP contribution in [0.2, 0.25) is 0 Å². The number of halogens is 1. The van der Waals surface area contributed by atoms with Crippen molar-refractivity contribution in [1.82, 2.24) is 14.7 Å². The Labute approximate surface area is 158 Å². The lowest BCUT2D eigenvalue weighted by atomic mass is 10.1. The minimum Gasteiger partial charge on any atom is -0.489 e. The first-order valence-electron chi connectivity index (χ1n) is 8.73. The molecule has 3 aromatic rings. The molecule has 1 aromatic heterocycles. The summed E-state index contributed by atoms with van der Waals surface area (Å²) >= 11 is 0. The Morgan fingerprint density at radius 1 is 1.11 bits per heavy atom. The first-order valence-corrected chi connectivity index (χ1v) is 8.73. The van der Waals surface area contributed by atoms with Crippen molar-refractivity contribution in [1.29, 1.82) is 0 Å². The number of para-hydroxylation sites is 2. The standard InChI is InChI=1S/C21H22FN3O2/c1-15-20(16(2)25(23-15)17-9-5-4-6-10-17)21(26)24(3)13-14-27-19-12-8-7-11-18(19)22/h4-12H,13-14H2,1-3H3. The van der Waals surface area contributed by atoms with Crippen molar-refractivity contribution >= 4 is 5.91 Å². The van der Waals surface area contributed by atoms with E-state index in [4.69, 9.17) is 4.74 Å². The molecule has 5 nitrogen and oxygen atoms in total. The second kappa shape index (κ2) is 8.03. The maximum absolute atomic E-state index is 13.6. The largest absolute Gasteiger partial charge is 0.489 e. The summed E-state index contributed by atoms with van der Waals surface area (Å²) in [5.41, 5.74) is 2.93. The monoisotopic (exact) mass is 367 g/mol. The number of likely N-dealkylation sites (N-methyl/N-ethyl adjacent to an activating group) is 1. The molecule has 0 spiro atoms. The number of aromatic nitrogens is 2. The molecule has 1 amide bonds. The molecule has 0 saturated carbocycles. The van der Waals surface area contributed by atoms with E-state index in [-0.39, 0.29) is 18.3 Å². The maximum Gasteiger partial charge on any atom is 0.257 e. The summed E-state index contributed by atoms with van der Waals surface area (Å²) in [5, 5.41) is 4.51. The third kappa shape index (κ3) is 4.00. The van der Waals surface area contributed by atoms with Gasteiger partial charge >= 0.3 is 0 Å². The Bertz CT molecular complexity index is 938. The van der Waals surface area contributed by atoms with Gasteiger partial charge in [0.05, 0.1) is 29.2 Å². The number of aryl methyl sites for hydroxylation is 1. The highest BCUT2D eigenvalue weighted by atomic mass is 19.1. The number of nitrogens with zero attached hydrogens (tertiary/aromatic N) is 3. The number of hydrogen-bond donors (Lipinski definition) is 0. The molecule has 0 aliphatic heterocycles. The summed E-state index contributed by atoms with van der Waals surface area (Å²) in [4.78, 5) is 14.4. The van der Waals surface area contributed by atoms with Gasteiger partial charge in [-0.3, -0.25) is 4.79 Å². The van der Waals surface area contributed by atoms with Gasteiger partial charge in [0.1, 0.15) is 6.61 Å². The van der Waals surface area contributed by atoms with Gasteiger partial charge < -0.3 is 9.64 Å². The molecule has 0 bridgehead atoms. The van der Waals surface area contributed by atoms with Crippen LogP contribution in [0.5, 0.6) is 5.75 Å². The highest BCUT2D eigenvalue weighted by molar-refractivity contribution is 5.96. The summed E-state index contributed by atoms with van der Waals surface area (Å²) in [6, 6.07) is 15.9. The van der Waals surface area contributed by atoms with E-state index in [1.54, 1.807) is 34.8 Å². The van der Waals surface area contributed by atoms with Crippen LogP contribution in [-0.4, -0.2) is 40.8 Å². The zero-order valence-corrected chi connectivity index (χ0v) is 15.6. The second-order valence-corrected chi connectivity index (χ2v) is 6.30. The molecular weight excluding hydrogens is 345 g/mol. The lowest BCUT2D eigenvalue weighted by molar-refractivity contribution is 0.0771. The van der Waals surface area contributed by atoms with Gasteiger partial charge in [-0.2, -0.15) is 5.10 Å². The quantitative estimate of drug-likeness (QED) is 0.666. The average molecular weight is 367 g/mol. The fraction of sp³-hybridized carbons (Fsp3) is 0.238. The Hall–Kier alpha value is -3.15. The Kier molecular flexibility index (Phi) is 5.54. The summed E-state index contributed by atoms with van der Waals surface area (Å²) in [6.07, 6.45) is 0. The van der Waals surface area contributed by atoms with Crippen molar-refractivity contribution in [2.45, 2.75) is 13.8 Å². The van der Waals surface area contributed by atoms with E-state index in [1.165, 1.54) is 6.07 Å². The molecule has 0 radical (unpaired) electrons. The number of hydrogen-bond acceptors (Lipinski definition) is 3. The first kappa shape index (κ1) is 18.6. The predicted octanol–water partition coefficient (Wildman–Crippen LogP) is 3.78. The molecule has 2 aromatic carbocycles. The molecule has 27 heavy (non-hydrogen) atoms. The third-order valence-corrected chi connectivity index (χ3v) is 4.37. The van der Waals surface area contributed by atoms with Gasteiger partial charge in [-0.1, -0.05) is 30.3 Å². The van der Waals surface area contributed by atoms with E-state index in [2.05, 4.69) is 5.10 Å². The van der Waals surface area contributed by atoms with Crippen molar-refractivity contribution < 1.29 is 13.9 Å². The summed E-state index contributed by atoms with van der Waals surface area (Å²) < 4.78 is 20.8. The summed E-state index contributed by atoms with van der Waals surface area (Å²) in [5.74, 6) is -0.366. The normalized spacial score (nSPS) is 10.7. The molecule has 0 fully saturated rings. The molecule has 6 heteroatoms. The Morgan fingerprint density at radius 2 is 1.78 bits per heavy atom. The zero-order valence-electron chi connectivity index (χ0n) is 15.6. The van der Waals surface area contributed by atoms with Crippen LogP contribution in [-0.2, 0) is 0 Å². The summed E-state index contributed by atoms with van der Waals surface area (Å²) in [6.45, 7) is 4.24. The fourth-order valence-corrected chi connectivity index (χ4v) is 2.92. The van der Waals surface area contributed by atoms with Crippen LogP contribution >= 0.6 is 0 Å². The number of benzene rings is 2. The van der Waals surface area contributed by atoms with Crippen LogP contribution in [0.15, 0.2) is 54.6 Å². The lowest BCUT2D eigenvalue weighted by Gasteiger charge is -2.18. The van der Waals surface area contributed by atoms with E-state index in [0.717, 1.165) is 11.4 Å². The molecule has 1 heterocycles. The molecule has 0 N–H and O–H groups in total. The molecule has 140 valence electrons. The minimum absolute atomic E-state index is 0.135. The smallest absolute Gasteiger partial charge is 0.257 e. The van der Waals surface area contributed by atoms with E-state index < -0.39 is 5.82 Å². The van der Waals surface area contributed by atoms with Gasteiger partial charge in [0.25, 0.3) is 5.91 Å². The molecule has 0 unspecified atom stereocenters. The second-order valence-electron chi connectivity index (χ2n) is 6.30. The van der Waals surface area contributed by atoms with E-state index >= 15 is 0 Å². The molecule has 0 atom stereocenters. The van der Waals surface area contributed by atoms with Crippen molar-refractivity contribution in [3.05, 3.63) is 77.4 Å². The van der Waals surface area contributed by atoms with Crippen LogP contribution in [0.25, 0.3) is 5.69 Å². The Morgan fingerprint density at radius 3 is 2.48 bits per heavy atom. The molecule has 0 aliphatic carbocycles. The number of carbonyl (C=O) groups excluding carboxylic acids is 1. The van der Waals surface area contributed by atoms with Crippen LogP contribution in [0, 0.1) is 19.7 Å². The maximum atomic E-state index is 13.6. The SMILES string of the molecule is Cc1nn(-c2ccccc2)c(C)c1C(=O)N(C)CCOc1ccccc1F. The highest BCUT2D eigenvalue weighted by Crippen LogP contribution is 2.19. The molecule has 3 rings (SSSR count). The van der Waals surface area contributed by atoms with E-state index in [9.17, 15) is 9.18 Å². The molecule has 0 saturated heterocycles. The van der Waals surface area contributed by atoms with Crippen LogP contribution in [0.1, 0.15) is 21.7 Å². The van der Waals surface area contributed by atoms with Gasteiger partial charge in [0.2, 0.25) is 0 Å². The van der Waals surface area contributed by atoms with Crippen molar-refractivity contribution in [2.24, 2.45) is 0 Å². The van der Waals surface area contributed by atoms with E-state index in [0.29, 0.717) is 17.8 Å². The number of carbonyl (C=O) groups is 1. The lowest BCUT2D eigenvalue weighted by Crippen LogP contribution is -2.31. The third-order valence-electron chi connectivity index (χ3n) is 4.37. The van der Waals surface area contributed by atoms with Crippen molar-refractivity contribution in [3.63, 3.8) is 0 Å². The van der Waals surface area contributed by atoms with Crippen LogP contribution < -0.4 is 4.74 Å². The van der Waals surface area contributed by atoms with Gasteiger partial charge in [-0.05, 0) is 38.1 Å². The average Bonchev–Trinajstić information content (AvgIpc) is 2.97. The predicted molar refractivity (Wildman–Crippen MR) is 102 cm³/mol. The Balaban J connectivity index is 1.70. The van der Waals surface area contributed by atoms with Gasteiger partial charge in [-0.25, -0.2) is 9.07 Å². The van der Waals surface area contributed by atoms with E-state index in [1.807, 2.05) is 44.2 Å². The minimum atomic E-state index is -0.415. The van der Waals surface area contributed by atoms with Crippen LogP contribution in [0.3, 0.4) is 0 Å². The number of ether oxygens (including phenoxy) is 1. The zero-order chi connectivity index (χ0) is 19.4. The molecule has 0 aliphatic rings. The number of rotatable bonds is 6. The highest BCUT2D eigenvalue weighted by Gasteiger charge is 2.22. The number of amides is 1. The van der Waals surface area contributed by atoms with Gasteiger partial charge in [0.15, 0.2) is 11.6 Å². The van der Waals surface area contributed by atoms with Gasteiger partial charge in [-0.15, -0.1) is 0 Å². The van der Waals surface area contributed by atoms with Crippen molar-refractivity contribution in [3.8, 4) is 11.4 Å². The van der Waals surface area contributed by atoms with Gasteiger partial charge in [0, 0.05) is 7.05 Å².